The van der Waals surface area contributed by atoms with Gasteiger partial charge in [0, 0.05) is 51.5 Å². The number of guanidine groups is 1. The number of aliphatic imine (C=N–C) groups is 1. The molecular formula is C24H39N5O2. The van der Waals surface area contributed by atoms with Gasteiger partial charge in [-0.3, -0.25) is 9.89 Å². The number of benzene rings is 1. The second kappa shape index (κ2) is 10.6. The van der Waals surface area contributed by atoms with Crippen LogP contribution >= 0.6 is 0 Å². The lowest BCUT2D eigenvalue weighted by molar-refractivity contribution is -0.0139. The van der Waals surface area contributed by atoms with Crippen molar-refractivity contribution in [3.63, 3.8) is 0 Å². The third-order valence-corrected chi connectivity index (χ3v) is 7.06. The minimum absolute atomic E-state index is 0.175. The van der Waals surface area contributed by atoms with E-state index >= 15 is 0 Å². The van der Waals surface area contributed by atoms with Crippen molar-refractivity contribution in [2.24, 2.45) is 4.99 Å². The highest BCUT2D eigenvalue weighted by atomic mass is 16.5. The van der Waals surface area contributed by atoms with Crippen LogP contribution in [-0.4, -0.2) is 94.0 Å². The Balaban J connectivity index is 1.43. The van der Waals surface area contributed by atoms with Gasteiger partial charge in [0.05, 0.1) is 19.3 Å². The molecule has 31 heavy (non-hydrogen) atoms. The van der Waals surface area contributed by atoms with Crippen LogP contribution in [0.5, 0.6) is 5.75 Å². The van der Waals surface area contributed by atoms with Gasteiger partial charge in [0.2, 0.25) is 0 Å². The quantitative estimate of drug-likeness (QED) is 0.554. The molecule has 0 bridgehead atoms. The van der Waals surface area contributed by atoms with E-state index in [1.54, 1.807) is 7.11 Å². The number of ether oxygens (including phenoxy) is 2. The van der Waals surface area contributed by atoms with E-state index in [-0.39, 0.29) is 5.54 Å². The fourth-order valence-corrected chi connectivity index (χ4v) is 5.22. The minimum Gasteiger partial charge on any atom is -0.495 e. The largest absolute Gasteiger partial charge is 0.495 e. The number of likely N-dealkylation sites (tertiary alicyclic amines) is 1. The number of hydrogen-bond acceptors (Lipinski definition) is 5. The van der Waals surface area contributed by atoms with Crippen molar-refractivity contribution in [2.45, 2.75) is 38.1 Å². The SMILES string of the molecule is CCNC(=NCC1(N2CCCC2)CCOCC1)N1CCN(c2ccccc2OC)CC1. The normalized spacial score (nSPS) is 22.6. The van der Waals surface area contributed by atoms with Crippen LogP contribution in [-0.2, 0) is 4.74 Å². The third kappa shape index (κ3) is 5.09. The van der Waals surface area contributed by atoms with E-state index in [9.17, 15) is 0 Å². The molecule has 4 rings (SSSR count). The molecule has 3 fully saturated rings. The van der Waals surface area contributed by atoms with Gasteiger partial charge in [-0.05, 0) is 57.8 Å². The molecule has 1 N–H and O–H groups in total. The first-order chi connectivity index (χ1) is 15.3. The van der Waals surface area contributed by atoms with E-state index in [0.717, 1.165) is 77.0 Å². The lowest BCUT2D eigenvalue weighted by atomic mass is 9.88. The van der Waals surface area contributed by atoms with E-state index < -0.39 is 0 Å². The lowest BCUT2D eigenvalue weighted by Crippen LogP contribution is -2.55. The maximum absolute atomic E-state index is 5.71. The van der Waals surface area contributed by atoms with Crippen LogP contribution in [0.25, 0.3) is 0 Å². The van der Waals surface area contributed by atoms with Crippen LogP contribution in [0.4, 0.5) is 5.69 Å². The van der Waals surface area contributed by atoms with Gasteiger partial charge >= 0.3 is 0 Å². The molecule has 0 saturated carbocycles. The summed E-state index contributed by atoms with van der Waals surface area (Å²) in [6.07, 6.45) is 4.82. The number of rotatable bonds is 6. The summed E-state index contributed by atoms with van der Waals surface area (Å²) < 4.78 is 11.3. The summed E-state index contributed by atoms with van der Waals surface area (Å²) >= 11 is 0. The highest BCUT2D eigenvalue weighted by Crippen LogP contribution is 2.32. The molecular weight excluding hydrogens is 390 g/mol. The molecule has 0 atom stereocenters. The fraction of sp³-hybridized carbons (Fsp3) is 0.708. The summed E-state index contributed by atoms with van der Waals surface area (Å²) in [4.78, 5) is 12.7. The van der Waals surface area contributed by atoms with Crippen molar-refractivity contribution in [1.82, 2.24) is 15.1 Å². The maximum Gasteiger partial charge on any atom is 0.194 e. The number of hydrogen-bond donors (Lipinski definition) is 1. The summed E-state index contributed by atoms with van der Waals surface area (Å²) in [6, 6.07) is 8.31. The van der Waals surface area contributed by atoms with E-state index in [0.29, 0.717) is 0 Å². The Morgan fingerprint density at radius 3 is 2.45 bits per heavy atom. The predicted octanol–water partition coefficient (Wildman–Crippen LogP) is 2.43. The van der Waals surface area contributed by atoms with Crippen molar-refractivity contribution >= 4 is 11.6 Å². The molecule has 1 aromatic rings. The van der Waals surface area contributed by atoms with Crippen LogP contribution in [0, 0.1) is 0 Å². The molecule has 7 heteroatoms. The summed E-state index contributed by atoms with van der Waals surface area (Å²) in [5, 5.41) is 3.56. The molecule has 3 aliphatic rings. The molecule has 0 spiro atoms. The minimum atomic E-state index is 0.175. The zero-order valence-corrected chi connectivity index (χ0v) is 19.3. The zero-order valence-electron chi connectivity index (χ0n) is 19.3. The van der Waals surface area contributed by atoms with Crippen molar-refractivity contribution in [3.8, 4) is 5.75 Å². The number of nitrogens with zero attached hydrogens (tertiary/aromatic N) is 4. The topological polar surface area (TPSA) is 52.6 Å². The third-order valence-electron chi connectivity index (χ3n) is 7.06. The average Bonchev–Trinajstić information content (AvgIpc) is 3.38. The first-order valence-corrected chi connectivity index (χ1v) is 12.0. The first kappa shape index (κ1) is 22.2. The summed E-state index contributed by atoms with van der Waals surface area (Å²) in [5.41, 5.74) is 1.36. The van der Waals surface area contributed by atoms with Crippen LogP contribution < -0.4 is 15.0 Å². The molecule has 1 aromatic carbocycles. The highest BCUT2D eigenvalue weighted by molar-refractivity contribution is 5.80. The van der Waals surface area contributed by atoms with Gasteiger partial charge in [-0.15, -0.1) is 0 Å². The van der Waals surface area contributed by atoms with Crippen LogP contribution in [0.2, 0.25) is 0 Å². The van der Waals surface area contributed by atoms with Gasteiger partial charge < -0.3 is 24.6 Å². The Morgan fingerprint density at radius 1 is 1.06 bits per heavy atom. The van der Waals surface area contributed by atoms with Crippen molar-refractivity contribution in [3.05, 3.63) is 24.3 Å². The molecule has 0 unspecified atom stereocenters. The summed E-state index contributed by atoms with van der Waals surface area (Å²) in [5.74, 6) is 2.01. The molecule has 0 amide bonds. The van der Waals surface area contributed by atoms with Gasteiger partial charge in [-0.1, -0.05) is 12.1 Å². The number of anilines is 1. The second-order valence-electron chi connectivity index (χ2n) is 8.85. The van der Waals surface area contributed by atoms with E-state index in [1.807, 2.05) is 12.1 Å². The monoisotopic (exact) mass is 429 g/mol. The van der Waals surface area contributed by atoms with E-state index in [4.69, 9.17) is 14.5 Å². The molecule has 0 radical (unpaired) electrons. The molecule has 7 nitrogen and oxygen atoms in total. The van der Waals surface area contributed by atoms with Crippen LogP contribution in [0.15, 0.2) is 29.3 Å². The smallest absolute Gasteiger partial charge is 0.194 e. The summed E-state index contributed by atoms with van der Waals surface area (Å²) in [6.45, 7) is 11.9. The molecule has 3 saturated heterocycles. The number of para-hydroxylation sites is 2. The number of methoxy groups -OCH3 is 1. The van der Waals surface area contributed by atoms with Gasteiger partial charge in [0.25, 0.3) is 0 Å². The first-order valence-electron chi connectivity index (χ1n) is 12.0. The Hall–Kier alpha value is -1.99. The molecule has 0 aliphatic carbocycles. The average molecular weight is 430 g/mol. The van der Waals surface area contributed by atoms with Crippen LogP contribution in [0.1, 0.15) is 32.6 Å². The van der Waals surface area contributed by atoms with E-state index in [2.05, 4.69) is 39.1 Å². The fourth-order valence-electron chi connectivity index (χ4n) is 5.22. The molecule has 3 heterocycles. The van der Waals surface area contributed by atoms with Gasteiger partial charge in [-0.2, -0.15) is 0 Å². The standard InChI is InChI=1S/C24H39N5O2/c1-3-25-23(26-20-24(10-18-31-19-11-24)29-12-6-7-13-29)28-16-14-27(15-17-28)21-8-4-5-9-22(21)30-2/h4-5,8-9H,3,6-7,10-20H2,1-2H3,(H,25,26). The van der Waals surface area contributed by atoms with E-state index in [1.165, 1.54) is 31.6 Å². The van der Waals surface area contributed by atoms with Crippen molar-refractivity contribution in [1.29, 1.82) is 0 Å². The van der Waals surface area contributed by atoms with Gasteiger partial charge in [-0.25, -0.2) is 0 Å². The Bertz CT molecular complexity index is 720. The predicted molar refractivity (Wildman–Crippen MR) is 126 cm³/mol. The van der Waals surface area contributed by atoms with Gasteiger partial charge in [0.15, 0.2) is 5.96 Å². The number of piperazine rings is 1. The maximum atomic E-state index is 5.71. The lowest BCUT2D eigenvalue weighted by Gasteiger charge is -2.44. The highest BCUT2D eigenvalue weighted by Gasteiger charge is 2.39. The molecule has 0 aromatic heterocycles. The molecule has 3 aliphatic heterocycles. The van der Waals surface area contributed by atoms with Crippen molar-refractivity contribution < 1.29 is 9.47 Å². The number of nitrogens with one attached hydrogen (secondary N) is 1. The molecule has 172 valence electrons. The van der Waals surface area contributed by atoms with Gasteiger partial charge in [0.1, 0.15) is 5.75 Å². The Labute approximate surface area is 187 Å². The van der Waals surface area contributed by atoms with Crippen molar-refractivity contribution in [2.75, 3.05) is 77.6 Å². The second-order valence-corrected chi connectivity index (χ2v) is 8.85. The Kier molecular flexibility index (Phi) is 7.56. The zero-order chi connectivity index (χ0) is 21.5. The Morgan fingerprint density at radius 2 is 1.77 bits per heavy atom. The summed E-state index contributed by atoms with van der Waals surface area (Å²) in [7, 11) is 1.75. The van der Waals surface area contributed by atoms with Crippen LogP contribution in [0.3, 0.4) is 0 Å².